The molecule has 148 valence electrons. The van der Waals surface area contributed by atoms with E-state index in [0.29, 0.717) is 42.7 Å². The molecule has 7 heteroatoms. The summed E-state index contributed by atoms with van der Waals surface area (Å²) < 4.78 is 1.80. The van der Waals surface area contributed by atoms with E-state index >= 15 is 0 Å². The van der Waals surface area contributed by atoms with E-state index in [2.05, 4.69) is 16.9 Å². The van der Waals surface area contributed by atoms with Gasteiger partial charge in [0, 0.05) is 38.7 Å². The van der Waals surface area contributed by atoms with Crippen molar-refractivity contribution in [3.63, 3.8) is 0 Å². The number of hydrogen-bond donors (Lipinski definition) is 1. The van der Waals surface area contributed by atoms with Crippen molar-refractivity contribution >= 4 is 23.3 Å². The first-order valence-electron chi connectivity index (χ1n) is 9.57. The highest BCUT2D eigenvalue weighted by molar-refractivity contribution is 6.01. The van der Waals surface area contributed by atoms with E-state index in [-0.39, 0.29) is 18.2 Å². The number of aryl methyl sites for hydroxylation is 2. The fraction of sp³-hybridized carbons (Fsp3) is 0.381. The summed E-state index contributed by atoms with van der Waals surface area (Å²) in [6.45, 7) is 11.2. The van der Waals surface area contributed by atoms with Gasteiger partial charge in [-0.15, -0.1) is 0 Å². The Hall–Kier alpha value is -3.09. The van der Waals surface area contributed by atoms with E-state index in [0.717, 1.165) is 11.3 Å². The zero-order valence-electron chi connectivity index (χ0n) is 17.0. The summed E-state index contributed by atoms with van der Waals surface area (Å²) in [5.74, 6) is 1.80. The summed E-state index contributed by atoms with van der Waals surface area (Å²) in [5, 5.41) is 2.90. The highest BCUT2D eigenvalue weighted by Crippen LogP contribution is 2.32. The van der Waals surface area contributed by atoms with Crippen molar-refractivity contribution < 1.29 is 9.59 Å². The topological polar surface area (TPSA) is 70.5 Å². The normalized spacial score (nSPS) is 13.7. The molecule has 28 heavy (non-hydrogen) atoms. The van der Waals surface area contributed by atoms with Gasteiger partial charge >= 0.3 is 0 Å². The third kappa shape index (κ3) is 3.52. The molecule has 2 heterocycles. The minimum absolute atomic E-state index is 0.0805. The average molecular weight is 381 g/mol. The molecule has 2 amide bonds. The molecule has 0 saturated carbocycles. The minimum Gasteiger partial charge on any atom is -0.326 e. The number of carbonyl (C=O) groups is 2. The maximum atomic E-state index is 12.9. The third-order valence-corrected chi connectivity index (χ3v) is 5.04. The fourth-order valence-electron chi connectivity index (χ4n) is 3.44. The molecular formula is C21H27N5O2. The van der Waals surface area contributed by atoms with Crippen LogP contribution in [0.3, 0.4) is 0 Å². The number of carbonyl (C=O) groups excluding carboxylic acids is 2. The van der Waals surface area contributed by atoms with Crippen LogP contribution in [-0.2, 0) is 18.3 Å². The Morgan fingerprint density at radius 1 is 1.14 bits per heavy atom. The predicted octanol–water partition coefficient (Wildman–Crippen LogP) is 3.07. The van der Waals surface area contributed by atoms with Crippen LogP contribution in [0.4, 0.5) is 11.5 Å². The molecule has 2 aromatic rings. The van der Waals surface area contributed by atoms with Crippen molar-refractivity contribution in [2.24, 2.45) is 7.05 Å². The first kappa shape index (κ1) is 19.7. The molecule has 3 rings (SSSR count). The lowest BCUT2D eigenvalue weighted by atomic mass is 10.2. The molecular weight excluding hydrogens is 354 g/mol. The third-order valence-electron chi connectivity index (χ3n) is 5.04. The monoisotopic (exact) mass is 381 g/mol. The lowest BCUT2D eigenvalue weighted by Gasteiger charge is -2.36. The highest BCUT2D eigenvalue weighted by Gasteiger charge is 2.36. The molecule has 7 nitrogen and oxygen atoms in total. The molecule has 0 fully saturated rings. The van der Waals surface area contributed by atoms with E-state index < -0.39 is 0 Å². The lowest BCUT2D eigenvalue weighted by Crippen LogP contribution is -2.44. The van der Waals surface area contributed by atoms with Crippen molar-refractivity contribution in [2.45, 2.75) is 33.6 Å². The van der Waals surface area contributed by atoms with Gasteiger partial charge in [-0.3, -0.25) is 14.5 Å². The highest BCUT2D eigenvalue weighted by atomic mass is 16.2. The summed E-state index contributed by atoms with van der Waals surface area (Å²) >= 11 is 0. The summed E-state index contributed by atoms with van der Waals surface area (Å²) in [6.07, 6.45) is 0.737. The van der Waals surface area contributed by atoms with Crippen LogP contribution in [0.2, 0.25) is 0 Å². The molecule has 0 spiro atoms. The minimum atomic E-state index is -0.0995. The second-order valence-corrected chi connectivity index (χ2v) is 6.88. The van der Waals surface area contributed by atoms with Crippen molar-refractivity contribution in [2.75, 3.05) is 23.3 Å². The van der Waals surface area contributed by atoms with Gasteiger partial charge in [0.15, 0.2) is 11.5 Å². The van der Waals surface area contributed by atoms with E-state index in [1.807, 2.05) is 57.0 Å². The van der Waals surface area contributed by atoms with Crippen LogP contribution < -0.4 is 10.2 Å². The zero-order chi connectivity index (χ0) is 20.4. The molecule has 0 saturated heterocycles. The maximum Gasteiger partial charge on any atom is 0.279 e. The van der Waals surface area contributed by atoms with E-state index in [1.165, 1.54) is 0 Å². The predicted molar refractivity (Wildman–Crippen MR) is 110 cm³/mol. The molecule has 0 bridgehead atoms. The molecule has 0 aliphatic carbocycles. The molecule has 0 radical (unpaired) electrons. The van der Waals surface area contributed by atoms with Crippen LogP contribution >= 0.6 is 0 Å². The summed E-state index contributed by atoms with van der Waals surface area (Å²) in [4.78, 5) is 33.4. The Balaban J connectivity index is 1.76. The number of aromatic nitrogens is 2. The second-order valence-electron chi connectivity index (χ2n) is 6.88. The van der Waals surface area contributed by atoms with Gasteiger partial charge < -0.3 is 14.8 Å². The number of fused-ring (bicyclic) bond motifs is 1. The smallest absolute Gasteiger partial charge is 0.279 e. The number of imidazole rings is 1. The lowest BCUT2D eigenvalue weighted by molar-refractivity contribution is -0.116. The molecule has 1 aliphatic rings. The van der Waals surface area contributed by atoms with Gasteiger partial charge in [0.1, 0.15) is 11.6 Å². The van der Waals surface area contributed by atoms with E-state index in [1.54, 1.807) is 9.47 Å². The van der Waals surface area contributed by atoms with Gasteiger partial charge in [-0.2, -0.15) is 0 Å². The van der Waals surface area contributed by atoms with Crippen LogP contribution in [0.25, 0.3) is 0 Å². The van der Waals surface area contributed by atoms with Crippen LogP contribution in [0.5, 0.6) is 0 Å². The van der Waals surface area contributed by atoms with Crippen molar-refractivity contribution in [3.8, 4) is 0 Å². The molecule has 1 N–H and O–H groups in total. The van der Waals surface area contributed by atoms with Gasteiger partial charge in [0.2, 0.25) is 5.91 Å². The van der Waals surface area contributed by atoms with Crippen molar-refractivity contribution in [1.29, 1.82) is 0 Å². The molecule has 1 aromatic heterocycles. The van der Waals surface area contributed by atoms with Gasteiger partial charge in [-0.1, -0.05) is 24.3 Å². The first-order chi connectivity index (χ1) is 13.4. The quantitative estimate of drug-likeness (QED) is 0.835. The molecule has 1 aliphatic heterocycles. The summed E-state index contributed by atoms with van der Waals surface area (Å²) in [6, 6.07) is 7.68. The Morgan fingerprint density at radius 3 is 2.39 bits per heavy atom. The summed E-state index contributed by atoms with van der Waals surface area (Å²) in [5.41, 5.74) is 2.46. The largest absolute Gasteiger partial charge is 0.326 e. The van der Waals surface area contributed by atoms with Crippen molar-refractivity contribution in [1.82, 2.24) is 14.5 Å². The van der Waals surface area contributed by atoms with E-state index in [4.69, 9.17) is 0 Å². The second kappa shape index (κ2) is 7.88. The Labute approximate surface area is 165 Å². The molecule has 0 unspecified atom stereocenters. The van der Waals surface area contributed by atoms with Gasteiger partial charge in [0.25, 0.3) is 5.91 Å². The fourth-order valence-corrected chi connectivity index (χ4v) is 3.44. The Morgan fingerprint density at radius 2 is 1.79 bits per heavy atom. The van der Waals surface area contributed by atoms with E-state index in [9.17, 15) is 9.59 Å². The van der Waals surface area contributed by atoms with Gasteiger partial charge in [0.05, 0.1) is 0 Å². The van der Waals surface area contributed by atoms with Crippen LogP contribution in [-0.4, -0.2) is 39.4 Å². The zero-order valence-corrected chi connectivity index (χ0v) is 17.0. The average Bonchev–Trinajstić information content (AvgIpc) is 2.99. The number of hydrogen-bond acceptors (Lipinski definition) is 4. The number of rotatable bonds is 6. The van der Waals surface area contributed by atoms with Gasteiger partial charge in [-0.05, 0) is 32.9 Å². The van der Waals surface area contributed by atoms with Crippen LogP contribution in [0.15, 0.2) is 36.7 Å². The standard InChI is InChI=1S/C21H27N5O2/c1-6-25-15(4)26(7-2)21(28)19-20(25)23-17(24(19)5)12-13-18(27)22-16-10-8-14(3)9-11-16/h8-11H,4,6-7,12-13H2,1-3,5H3,(H,22,27). The first-order valence-corrected chi connectivity index (χ1v) is 9.57. The number of nitrogens with zero attached hydrogens (tertiary/aromatic N) is 4. The van der Waals surface area contributed by atoms with Gasteiger partial charge in [-0.25, -0.2) is 4.98 Å². The number of amides is 2. The Kier molecular flexibility index (Phi) is 5.53. The molecule has 0 atom stereocenters. The summed E-state index contributed by atoms with van der Waals surface area (Å²) in [7, 11) is 1.83. The SMILES string of the molecule is C=C1N(CC)C(=O)c2c(nc(CCC(=O)Nc3ccc(C)cc3)n2C)N1CC. The number of anilines is 2. The Bertz CT molecular complexity index is 914. The number of nitrogens with one attached hydrogen (secondary N) is 1. The van der Waals surface area contributed by atoms with Crippen LogP contribution in [0.1, 0.15) is 42.1 Å². The number of benzene rings is 1. The maximum absolute atomic E-state index is 12.9. The molecule has 1 aromatic carbocycles. The van der Waals surface area contributed by atoms with Crippen molar-refractivity contribution in [3.05, 3.63) is 53.7 Å². The van der Waals surface area contributed by atoms with Crippen LogP contribution in [0, 0.1) is 6.92 Å².